The van der Waals surface area contributed by atoms with Crippen LogP contribution in [0.1, 0.15) is 17.5 Å². The molecule has 1 aliphatic heterocycles. The quantitative estimate of drug-likeness (QED) is 0.876. The smallest absolute Gasteiger partial charge is 0.323 e. The van der Waals surface area contributed by atoms with Gasteiger partial charge in [-0.05, 0) is 36.1 Å². The van der Waals surface area contributed by atoms with Crippen molar-refractivity contribution in [3.8, 4) is 0 Å². The summed E-state index contributed by atoms with van der Waals surface area (Å²) >= 11 is 0. The lowest BCUT2D eigenvalue weighted by molar-refractivity contribution is -0.100. The highest BCUT2D eigenvalue weighted by Crippen LogP contribution is 2.42. The van der Waals surface area contributed by atoms with Gasteiger partial charge < -0.3 is 9.64 Å². The Balaban J connectivity index is 1.51. The van der Waals surface area contributed by atoms with Gasteiger partial charge in [-0.15, -0.1) is 0 Å². The minimum Gasteiger partial charge on any atom is -0.367 e. The molecule has 5 nitrogen and oxygen atoms in total. The Bertz CT molecular complexity index is 761. The minimum absolute atomic E-state index is 0.235. The number of urea groups is 1. The maximum absolute atomic E-state index is 12.9. The summed E-state index contributed by atoms with van der Waals surface area (Å²) in [4.78, 5) is 18.1. The third-order valence-electron chi connectivity index (χ3n) is 4.74. The van der Waals surface area contributed by atoms with Crippen molar-refractivity contribution in [3.05, 3.63) is 59.5 Å². The van der Waals surface area contributed by atoms with Gasteiger partial charge in [0.2, 0.25) is 0 Å². The van der Waals surface area contributed by atoms with Gasteiger partial charge >= 0.3 is 6.03 Å². The summed E-state index contributed by atoms with van der Waals surface area (Å²) in [6.45, 7) is 1.53. The number of aromatic nitrogens is 1. The third-order valence-corrected chi connectivity index (χ3v) is 4.74. The van der Waals surface area contributed by atoms with E-state index < -0.39 is 11.4 Å². The van der Waals surface area contributed by atoms with Crippen LogP contribution in [0.4, 0.5) is 15.0 Å². The number of rotatable bonds is 1. The molecular formula is C18H18FN3O2. The third kappa shape index (κ3) is 2.63. The topological polar surface area (TPSA) is 54.5 Å². The van der Waals surface area contributed by atoms with Crippen molar-refractivity contribution < 1.29 is 13.9 Å². The van der Waals surface area contributed by atoms with Crippen molar-refractivity contribution in [2.45, 2.75) is 18.4 Å². The fraction of sp³-hybridized carbons (Fsp3) is 0.333. The van der Waals surface area contributed by atoms with Crippen LogP contribution in [0.3, 0.4) is 0 Å². The van der Waals surface area contributed by atoms with E-state index in [1.54, 1.807) is 4.90 Å². The van der Waals surface area contributed by atoms with Crippen molar-refractivity contribution >= 4 is 11.8 Å². The largest absolute Gasteiger partial charge is 0.367 e. The average Bonchev–Trinajstić information content (AvgIpc) is 2.95. The number of hydrogen-bond acceptors (Lipinski definition) is 3. The van der Waals surface area contributed by atoms with Crippen LogP contribution in [0.5, 0.6) is 0 Å². The lowest BCUT2D eigenvalue weighted by Crippen LogP contribution is -2.52. The van der Waals surface area contributed by atoms with Crippen molar-refractivity contribution in [1.82, 2.24) is 9.88 Å². The summed E-state index contributed by atoms with van der Waals surface area (Å²) in [5.41, 5.74) is 2.06. The van der Waals surface area contributed by atoms with Gasteiger partial charge in [-0.1, -0.05) is 24.3 Å². The number of carbonyl (C=O) groups is 1. The molecular weight excluding hydrogens is 309 g/mol. The molecule has 0 saturated carbocycles. The summed E-state index contributed by atoms with van der Waals surface area (Å²) < 4.78 is 19.0. The molecule has 1 aromatic carbocycles. The molecule has 2 aromatic rings. The molecule has 1 fully saturated rings. The summed E-state index contributed by atoms with van der Waals surface area (Å²) in [6, 6.07) is 10.7. The molecule has 1 atom stereocenters. The number of fused-ring (bicyclic) bond motifs is 2. The minimum atomic E-state index is -0.430. The second kappa shape index (κ2) is 5.87. The number of benzene rings is 1. The first-order valence-corrected chi connectivity index (χ1v) is 8.06. The number of carbonyl (C=O) groups excluding carboxylic acids is 1. The Morgan fingerprint density at radius 3 is 3.00 bits per heavy atom. The van der Waals surface area contributed by atoms with Crippen molar-refractivity contribution in [2.24, 2.45) is 0 Å². The summed E-state index contributed by atoms with van der Waals surface area (Å²) in [7, 11) is 0. The number of pyridine rings is 1. The van der Waals surface area contributed by atoms with Gasteiger partial charge in [0.15, 0.2) is 0 Å². The van der Waals surface area contributed by atoms with E-state index >= 15 is 0 Å². The van der Waals surface area contributed by atoms with Crippen LogP contribution in [-0.4, -0.2) is 35.6 Å². The molecule has 1 aromatic heterocycles. The van der Waals surface area contributed by atoms with Crippen LogP contribution < -0.4 is 5.32 Å². The van der Waals surface area contributed by atoms with Crippen LogP contribution in [-0.2, 0) is 16.8 Å². The normalized spacial score (nSPS) is 22.5. The maximum Gasteiger partial charge on any atom is 0.323 e. The van der Waals surface area contributed by atoms with Gasteiger partial charge in [-0.25, -0.2) is 14.2 Å². The predicted molar refractivity (Wildman–Crippen MR) is 87.2 cm³/mol. The number of ether oxygens (including phenoxy) is 1. The standard InChI is InChI=1S/C18H18FN3O2/c19-14-5-6-16(20-11-14)21-17(23)22-9-10-24-18(12-22)8-7-13-3-1-2-4-15(13)18/h1-6,11H,7-10,12H2,(H,20,21,23)/t18-/m1/s1. The zero-order chi connectivity index (χ0) is 16.6. The van der Waals surface area contributed by atoms with E-state index in [-0.39, 0.29) is 6.03 Å². The predicted octanol–water partition coefficient (Wildman–Crippen LogP) is 2.93. The molecule has 1 aliphatic carbocycles. The zero-order valence-electron chi connectivity index (χ0n) is 13.2. The molecule has 2 amide bonds. The van der Waals surface area contributed by atoms with E-state index in [9.17, 15) is 9.18 Å². The van der Waals surface area contributed by atoms with Crippen LogP contribution >= 0.6 is 0 Å². The second-order valence-electron chi connectivity index (χ2n) is 6.21. The summed E-state index contributed by atoms with van der Waals surface area (Å²) in [5, 5.41) is 2.72. The number of halogens is 1. The van der Waals surface area contributed by atoms with Gasteiger partial charge in [-0.2, -0.15) is 0 Å². The summed E-state index contributed by atoms with van der Waals surface area (Å²) in [6.07, 6.45) is 2.93. The Morgan fingerprint density at radius 1 is 1.29 bits per heavy atom. The number of nitrogens with one attached hydrogen (secondary N) is 1. The van der Waals surface area contributed by atoms with Crippen LogP contribution in [0.25, 0.3) is 0 Å². The van der Waals surface area contributed by atoms with Gasteiger partial charge in [0.25, 0.3) is 0 Å². The highest BCUT2D eigenvalue weighted by atomic mass is 19.1. The zero-order valence-corrected chi connectivity index (χ0v) is 13.2. The van der Waals surface area contributed by atoms with Crippen LogP contribution in [0.2, 0.25) is 0 Å². The second-order valence-corrected chi connectivity index (χ2v) is 6.21. The molecule has 0 bridgehead atoms. The highest BCUT2D eigenvalue weighted by Gasteiger charge is 2.44. The number of morpholine rings is 1. The number of nitrogens with zero attached hydrogens (tertiary/aromatic N) is 2. The number of anilines is 1. The molecule has 4 rings (SSSR count). The number of aryl methyl sites for hydroxylation is 1. The molecule has 2 heterocycles. The van der Waals surface area contributed by atoms with Crippen LogP contribution in [0.15, 0.2) is 42.6 Å². The van der Waals surface area contributed by atoms with Gasteiger partial charge in [0, 0.05) is 6.54 Å². The molecule has 124 valence electrons. The number of amides is 2. The maximum atomic E-state index is 12.9. The van der Waals surface area contributed by atoms with Gasteiger partial charge in [0.05, 0.1) is 19.3 Å². The first-order chi connectivity index (χ1) is 11.7. The van der Waals surface area contributed by atoms with Gasteiger partial charge in [0.1, 0.15) is 17.2 Å². The van der Waals surface area contributed by atoms with Crippen molar-refractivity contribution in [1.29, 1.82) is 0 Å². The Labute approximate surface area is 139 Å². The SMILES string of the molecule is O=C(Nc1ccc(F)cn1)N1CCO[C@]2(CCc3ccccc32)C1. The fourth-order valence-corrected chi connectivity index (χ4v) is 3.56. The monoisotopic (exact) mass is 327 g/mol. The summed E-state index contributed by atoms with van der Waals surface area (Å²) in [5.74, 6) is -0.0883. The molecule has 1 saturated heterocycles. The fourth-order valence-electron chi connectivity index (χ4n) is 3.56. The average molecular weight is 327 g/mol. The molecule has 6 heteroatoms. The van der Waals surface area contributed by atoms with Crippen molar-refractivity contribution in [3.63, 3.8) is 0 Å². The van der Waals surface area contributed by atoms with Crippen LogP contribution in [0, 0.1) is 5.82 Å². The molecule has 0 unspecified atom stereocenters. The highest BCUT2D eigenvalue weighted by molar-refractivity contribution is 5.88. The van der Waals surface area contributed by atoms with E-state index in [0.29, 0.717) is 25.5 Å². The van der Waals surface area contributed by atoms with E-state index in [2.05, 4.69) is 22.4 Å². The molecule has 0 radical (unpaired) electrons. The lowest BCUT2D eigenvalue weighted by Gasteiger charge is -2.41. The van der Waals surface area contributed by atoms with E-state index in [0.717, 1.165) is 19.0 Å². The first-order valence-electron chi connectivity index (χ1n) is 8.06. The Morgan fingerprint density at radius 2 is 2.17 bits per heavy atom. The molecule has 24 heavy (non-hydrogen) atoms. The first kappa shape index (κ1) is 15.1. The Kier molecular flexibility index (Phi) is 3.69. The van der Waals surface area contributed by atoms with E-state index in [1.165, 1.54) is 23.3 Å². The van der Waals surface area contributed by atoms with E-state index in [1.807, 2.05) is 12.1 Å². The number of hydrogen-bond donors (Lipinski definition) is 1. The molecule has 1 spiro atoms. The molecule has 2 aliphatic rings. The Hall–Kier alpha value is -2.47. The van der Waals surface area contributed by atoms with Crippen molar-refractivity contribution in [2.75, 3.05) is 25.0 Å². The lowest BCUT2D eigenvalue weighted by atomic mass is 9.94. The van der Waals surface area contributed by atoms with Gasteiger partial charge in [-0.3, -0.25) is 5.32 Å². The molecule has 1 N–H and O–H groups in total. The van der Waals surface area contributed by atoms with E-state index in [4.69, 9.17) is 4.74 Å².